The molecule has 0 aliphatic carbocycles. The number of phenols is 1. The van der Waals surface area contributed by atoms with E-state index < -0.39 is 5.97 Å². The number of phenolic OH excluding ortho intramolecular Hbond substituents is 1. The van der Waals surface area contributed by atoms with Gasteiger partial charge in [-0.15, -0.1) is 0 Å². The number of benzene rings is 3. The second-order valence-corrected chi connectivity index (χ2v) is 7.08. The molecule has 0 aromatic heterocycles. The molecule has 1 N–H and O–H groups in total. The topological polar surface area (TPSA) is 46.5 Å². The van der Waals surface area contributed by atoms with Gasteiger partial charge in [0.2, 0.25) is 0 Å². The summed E-state index contributed by atoms with van der Waals surface area (Å²) in [6.07, 6.45) is 1.00. The SMILES string of the molecule is O=C(Oc1ccc(O)c(CC(=S)Cc2ccc(Cl)cc2)c1)c1ccccc1. The van der Waals surface area contributed by atoms with Crippen LogP contribution in [-0.2, 0) is 12.8 Å². The van der Waals surface area contributed by atoms with E-state index in [0.717, 1.165) is 10.4 Å². The van der Waals surface area contributed by atoms with Gasteiger partial charge >= 0.3 is 5.97 Å². The van der Waals surface area contributed by atoms with E-state index in [-0.39, 0.29) is 5.75 Å². The van der Waals surface area contributed by atoms with Crippen molar-refractivity contribution in [2.24, 2.45) is 0 Å². The van der Waals surface area contributed by atoms with E-state index >= 15 is 0 Å². The molecule has 3 aromatic carbocycles. The van der Waals surface area contributed by atoms with Crippen molar-refractivity contribution in [2.75, 3.05) is 0 Å². The summed E-state index contributed by atoms with van der Waals surface area (Å²) in [5.41, 5.74) is 2.13. The number of carbonyl (C=O) groups is 1. The van der Waals surface area contributed by atoms with Gasteiger partial charge in [-0.3, -0.25) is 0 Å². The normalized spacial score (nSPS) is 10.4. The molecule has 0 bridgehead atoms. The summed E-state index contributed by atoms with van der Waals surface area (Å²) in [4.78, 5) is 12.9. The minimum absolute atomic E-state index is 0.118. The molecule has 0 saturated carbocycles. The summed E-state index contributed by atoms with van der Waals surface area (Å²) in [6, 6.07) is 20.9. The maximum atomic E-state index is 12.2. The van der Waals surface area contributed by atoms with Gasteiger partial charge < -0.3 is 9.84 Å². The molecule has 0 spiro atoms. The number of hydrogen-bond donors (Lipinski definition) is 1. The van der Waals surface area contributed by atoms with Crippen molar-refractivity contribution in [3.8, 4) is 11.5 Å². The fourth-order valence-electron chi connectivity index (χ4n) is 2.61. The highest BCUT2D eigenvalue weighted by Gasteiger charge is 2.11. The third-order valence-electron chi connectivity index (χ3n) is 3.97. The fraction of sp³-hybridized carbons (Fsp3) is 0.0909. The molecular formula is C22H17ClO3S. The number of aromatic hydroxyl groups is 1. The third-order valence-corrected chi connectivity index (χ3v) is 4.51. The Balaban J connectivity index is 1.68. The number of rotatable bonds is 6. The quantitative estimate of drug-likeness (QED) is 0.343. The summed E-state index contributed by atoms with van der Waals surface area (Å²) < 4.78 is 5.40. The van der Waals surface area contributed by atoms with Crippen LogP contribution in [-0.4, -0.2) is 15.9 Å². The first-order valence-electron chi connectivity index (χ1n) is 8.36. The Labute approximate surface area is 168 Å². The zero-order valence-corrected chi connectivity index (χ0v) is 16.0. The molecule has 3 aromatic rings. The number of carbonyl (C=O) groups excluding carboxylic acids is 1. The molecule has 5 heteroatoms. The molecule has 0 amide bonds. The molecule has 136 valence electrons. The fourth-order valence-corrected chi connectivity index (χ4v) is 3.06. The number of thiocarbonyl (C=S) groups is 1. The molecular weight excluding hydrogens is 380 g/mol. The second-order valence-electron chi connectivity index (χ2n) is 6.06. The van der Waals surface area contributed by atoms with Crippen LogP contribution in [0.5, 0.6) is 11.5 Å². The van der Waals surface area contributed by atoms with E-state index in [0.29, 0.717) is 34.7 Å². The molecule has 0 unspecified atom stereocenters. The van der Waals surface area contributed by atoms with Gasteiger partial charge in [0, 0.05) is 28.3 Å². The molecule has 0 heterocycles. The Bertz CT molecular complexity index is 953. The zero-order chi connectivity index (χ0) is 19.2. The van der Waals surface area contributed by atoms with Crippen molar-refractivity contribution >= 4 is 34.7 Å². The summed E-state index contributed by atoms with van der Waals surface area (Å²) in [5, 5.41) is 10.8. The van der Waals surface area contributed by atoms with E-state index in [1.807, 2.05) is 30.3 Å². The van der Waals surface area contributed by atoms with E-state index in [4.69, 9.17) is 28.6 Å². The van der Waals surface area contributed by atoms with E-state index in [1.54, 1.807) is 36.4 Å². The highest BCUT2D eigenvalue weighted by atomic mass is 35.5. The number of esters is 1. The Hall–Kier alpha value is -2.69. The van der Waals surface area contributed by atoms with Crippen LogP contribution in [0.2, 0.25) is 5.02 Å². The Morgan fingerprint density at radius 3 is 2.37 bits per heavy atom. The number of hydrogen-bond acceptors (Lipinski definition) is 4. The van der Waals surface area contributed by atoms with Crippen molar-refractivity contribution in [3.05, 3.63) is 94.5 Å². The van der Waals surface area contributed by atoms with Gasteiger partial charge in [-0.1, -0.05) is 54.2 Å². The van der Waals surface area contributed by atoms with Crippen LogP contribution in [0.4, 0.5) is 0 Å². The highest BCUT2D eigenvalue weighted by molar-refractivity contribution is 7.80. The van der Waals surface area contributed by atoms with E-state index in [9.17, 15) is 9.90 Å². The zero-order valence-electron chi connectivity index (χ0n) is 14.4. The summed E-state index contributed by atoms with van der Waals surface area (Å²) in [7, 11) is 0. The molecule has 0 aliphatic rings. The van der Waals surface area contributed by atoms with Gasteiger partial charge in [0.05, 0.1) is 5.56 Å². The van der Waals surface area contributed by atoms with Gasteiger partial charge in [0.1, 0.15) is 11.5 Å². The predicted octanol–water partition coefficient (Wildman–Crippen LogP) is 5.42. The average molecular weight is 397 g/mol. The number of ether oxygens (including phenoxy) is 1. The lowest BCUT2D eigenvalue weighted by Gasteiger charge is -2.10. The monoisotopic (exact) mass is 396 g/mol. The van der Waals surface area contributed by atoms with Crippen molar-refractivity contribution < 1.29 is 14.6 Å². The van der Waals surface area contributed by atoms with Crippen LogP contribution in [0.3, 0.4) is 0 Å². The summed E-state index contributed by atoms with van der Waals surface area (Å²) >= 11 is 11.4. The van der Waals surface area contributed by atoms with Gasteiger partial charge in [-0.25, -0.2) is 4.79 Å². The van der Waals surface area contributed by atoms with Crippen LogP contribution < -0.4 is 4.74 Å². The lowest BCUT2D eigenvalue weighted by atomic mass is 10.0. The highest BCUT2D eigenvalue weighted by Crippen LogP contribution is 2.25. The van der Waals surface area contributed by atoms with Crippen molar-refractivity contribution in [1.82, 2.24) is 0 Å². The molecule has 3 nitrogen and oxygen atoms in total. The van der Waals surface area contributed by atoms with E-state index in [2.05, 4.69) is 0 Å². The maximum absolute atomic E-state index is 12.2. The number of halogens is 1. The minimum Gasteiger partial charge on any atom is -0.508 e. The predicted molar refractivity (Wildman–Crippen MR) is 111 cm³/mol. The molecule has 0 saturated heterocycles. The van der Waals surface area contributed by atoms with Gasteiger partial charge in [-0.05, 0) is 48.0 Å². The average Bonchev–Trinajstić information content (AvgIpc) is 2.67. The maximum Gasteiger partial charge on any atom is 0.343 e. The summed E-state index contributed by atoms with van der Waals surface area (Å²) in [5.74, 6) is 0.0369. The van der Waals surface area contributed by atoms with Crippen LogP contribution in [0.25, 0.3) is 0 Å². The smallest absolute Gasteiger partial charge is 0.343 e. The molecule has 0 aliphatic heterocycles. The Morgan fingerprint density at radius 2 is 1.67 bits per heavy atom. The van der Waals surface area contributed by atoms with Crippen LogP contribution in [0, 0.1) is 0 Å². The standard InChI is InChI=1S/C22H17ClO3S/c23-18-8-6-15(7-9-18)12-20(27)14-17-13-19(10-11-21(17)24)26-22(25)16-4-2-1-3-5-16/h1-11,13,24H,12,14H2. The molecule has 3 rings (SSSR count). The summed E-state index contributed by atoms with van der Waals surface area (Å²) in [6.45, 7) is 0. The van der Waals surface area contributed by atoms with E-state index in [1.165, 1.54) is 6.07 Å². The Morgan fingerprint density at radius 1 is 0.963 bits per heavy atom. The van der Waals surface area contributed by atoms with Crippen LogP contribution in [0.1, 0.15) is 21.5 Å². The van der Waals surface area contributed by atoms with Crippen molar-refractivity contribution in [1.29, 1.82) is 0 Å². The first-order chi connectivity index (χ1) is 13.0. The lowest BCUT2D eigenvalue weighted by molar-refractivity contribution is 0.0734. The third kappa shape index (κ3) is 5.39. The second kappa shape index (κ2) is 8.80. The van der Waals surface area contributed by atoms with Gasteiger partial charge in [0.25, 0.3) is 0 Å². The molecule has 27 heavy (non-hydrogen) atoms. The van der Waals surface area contributed by atoms with Crippen molar-refractivity contribution in [2.45, 2.75) is 12.8 Å². The van der Waals surface area contributed by atoms with Crippen LogP contribution >= 0.6 is 23.8 Å². The molecule has 0 atom stereocenters. The minimum atomic E-state index is -0.448. The first-order valence-corrected chi connectivity index (χ1v) is 9.15. The first kappa shape index (κ1) is 19.1. The Kier molecular flexibility index (Phi) is 6.22. The molecule has 0 fully saturated rings. The lowest BCUT2D eigenvalue weighted by Crippen LogP contribution is -2.09. The molecule has 0 radical (unpaired) electrons. The van der Waals surface area contributed by atoms with Crippen molar-refractivity contribution in [3.63, 3.8) is 0 Å². The largest absolute Gasteiger partial charge is 0.508 e. The van der Waals surface area contributed by atoms with Gasteiger partial charge in [-0.2, -0.15) is 0 Å². The van der Waals surface area contributed by atoms with Crippen LogP contribution in [0.15, 0.2) is 72.8 Å². The van der Waals surface area contributed by atoms with Gasteiger partial charge in [0.15, 0.2) is 0 Å².